The Morgan fingerprint density at radius 1 is 1.00 bits per heavy atom. The summed E-state index contributed by atoms with van der Waals surface area (Å²) in [6.07, 6.45) is 0. The summed E-state index contributed by atoms with van der Waals surface area (Å²) >= 11 is 0. The minimum Gasteiger partial charge on any atom is -0.744 e. The van der Waals surface area contributed by atoms with Crippen LogP contribution in [0.1, 0.15) is 0 Å². The molecule has 0 aromatic heterocycles. The van der Waals surface area contributed by atoms with Crippen LogP contribution in [-0.2, 0) is 20.2 Å². The predicted octanol–water partition coefficient (Wildman–Crippen LogP) is -2.42. The van der Waals surface area contributed by atoms with Crippen LogP contribution in [0.3, 0.4) is 0 Å². The Morgan fingerprint density at radius 3 is 2.10 bits per heavy atom. The molecule has 0 heterocycles. The van der Waals surface area contributed by atoms with Crippen LogP contribution in [0.2, 0.25) is 0 Å². The molecule has 0 saturated carbocycles. The van der Waals surface area contributed by atoms with Crippen molar-refractivity contribution in [3.8, 4) is 0 Å². The first-order valence-corrected chi connectivity index (χ1v) is 7.72. The zero-order valence-corrected chi connectivity index (χ0v) is 13.9. The van der Waals surface area contributed by atoms with Crippen molar-refractivity contribution in [2.24, 2.45) is 0 Å². The molecule has 0 amide bonds. The van der Waals surface area contributed by atoms with Crippen LogP contribution < -0.4 is 35.3 Å². The minimum atomic E-state index is -4.79. The molecule has 2 rings (SSSR count). The molecule has 0 radical (unpaired) electrons. The van der Waals surface area contributed by atoms with Gasteiger partial charge in [-0.1, -0.05) is 12.1 Å². The van der Waals surface area contributed by atoms with Crippen LogP contribution >= 0.6 is 0 Å². The largest absolute Gasteiger partial charge is 1.00 e. The van der Waals surface area contributed by atoms with E-state index in [0.717, 1.165) is 18.2 Å². The van der Waals surface area contributed by atoms with Crippen LogP contribution in [0, 0.1) is 0 Å². The smallest absolute Gasteiger partial charge is 0.744 e. The summed E-state index contributed by atoms with van der Waals surface area (Å²) in [5.41, 5.74) is 5.53. The number of nitrogens with two attached hydrogens (primary N) is 1. The van der Waals surface area contributed by atoms with E-state index >= 15 is 0 Å². The summed E-state index contributed by atoms with van der Waals surface area (Å²) in [5, 5.41) is -0.341. The van der Waals surface area contributed by atoms with Crippen molar-refractivity contribution in [3.63, 3.8) is 0 Å². The Kier molecular flexibility index (Phi) is 4.87. The molecule has 10 heteroatoms. The van der Waals surface area contributed by atoms with Gasteiger partial charge in [0.1, 0.15) is 15.0 Å². The molecule has 0 saturated heterocycles. The minimum absolute atomic E-state index is 0. The molecular weight excluding hydrogens is 317 g/mol. The monoisotopic (exact) mass is 325 g/mol. The van der Waals surface area contributed by atoms with E-state index in [1.807, 2.05) is 0 Å². The van der Waals surface area contributed by atoms with Crippen molar-refractivity contribution in [2.75, 3.05) is 5.73 Å². The summed E-state index contributed by atoms with van der Waals surface area (Å²) in [6, 6.07) is 5.61. The van der Waals surface area contributed by atoms with Crippen molar-refractivity contribution in [2.45, 2.75) is 9.79 Å². The van der Waals surface area contributed by atoms with Crippen LogP contribution in [0.5, 0.6) is 0 Å². The van der Waals surface area contributed by atoms with Crippen LogP contribution in [0.4, 0.5) is 5.69 Å². The summed E-state index contributed by atoms with van der Waals surface area (Å²) < 4.78 is 64.9. The third-order valence-electron chi connectivity index (χ3n) is 2.54. The zero-order valence-electron chi connectivity index (χ0n) is 10.3. The average molecular weight is 325 g/mol. The maximum absolute atomic E-state index is 11.2. The predicted molar refractivity (Wildman–Crippen MR) is 66.1 cm³/mol. The normalized spacial score (nSPS) is 12.1. The van der Waals surface area contributed by atoms with Gasteiger partial charge in [0, 0.05) is 16.5 Å². The average Bonchev–Trinajstić information content (AvgIpc) is 2.25. The van der Waals surface area contributed by atoms with E-state index in [9.17, 15) is 21.4 Å². The molecule has 0 unspecified atom stereocenters. The molecule has 0 spiro atoms. The van der Waals surface area contributed by atoms with Gasteiger partial charge in [0.05, 0.1) is 4.90 Å². The van der Waals surface area contributed by atoms with Gasteiger partial charge >= 0.3 is 29.6 Å². The molecule has 7 nitrogen and oxygen atoms in total. The molecule has 0 aliphatic carbocycles. The van der Waals surface area contributed by atoms with Crippen molar-refractivity contribution in [1.29, 1.82) is 0 Å². The first kappa shape index (κ1) is 17.4. The van der Waals surface area contributed by atoms with Crippen molar-refractivity contribution >= 4 is 36.7 Å². The van der Waals surface area contributed by atoms with Gasteiger partial charge in [-0.3, -0.25) is 4.55 Å². The van der Waals surface area contributed by atoms with Crippen molar-refractivity contribution < 1.29 is 55.5 Å². The first-order chi connectivity index (χ1) is 8.62. The first-order valence-electron chi connectivity index (χ1n) is 4.87. The van der Waals surface area contributed by atoms with E-state index in [4.69, 9.17) is 10.3 Å². The van der Waals surface area contributed by atoms with Gasteiger partial charge in [-0.05, 0) is 18.2 Å². The van der Waals surface area contributed by atoms with Crippen molar-refractivity contribution in [3.05, 3.63) is 30.3 Å². The SMILES string of the molecule is Nc1ccc(S(=O)(=O)[O-])c2cccc(S(=O)(=O)O)c12.[Na+]. The molecule has 0 fully saturated rings. The van der Waals surface area contributed by atoms with Crippen LogP contribution in [0.25, 0.3) is 10.8 Å². The fraction of sp³-hybridized carbons (Fsp3) is 0. The Balaban J connectivity index is 0.00000200. The van der Waals surface area contributed by atoms with Gasteiger partial charge in [0.2, 0.25) is 0 Å². The Hall–Kier alpha value is -0.680. The summed E-state index contributed by atoms with van der Waals surface area (Å²) in [4.78, 5) is -1.14. The summed E-state index contributed by atoms with van der Waals surface area (Å²) in [7, 11) is -9.38. The van der Waals surface area contributed by atoms with Gasteiger partial charge in [-0.2, -0.15) is 8.42 Å². The van der Waals surface area contributed by atoms with E-state index < -0.39 is 30.0 Å². The number of nitrogen functional groups attached to an aromatic ring is 1. The Labute approximate surface area is 137 Å². The third-order valence-corrected chi connectivity index (χ3v) is 4.33. The maximum Gasteiger partial charge on any atom is 1.00 e. The summed E-state index contributed by atoms with van der Waals surface area (Å²) in [6.45, 7) is 0. The van der Waals surface area contributed by atoms with E-state index in [1.165, 1.54) is 12.1 Å². The number of hydrogen-bond acceptors (Lipinski definition) is 6. The summed E-state index contributed by atoms with van der Waals surface area (Å²) in [5.74, 6) is 0. The van der Waals surface area contributed by atoms with E-state index in [2.05, 4.69) is 0 Å². The number of rotatable bonds is 2. The van der Waals surface area contributed by atoms with Crippen LogP contribution in [0.15, 0.2) is 40.1 Å². The fourth-order valence-electron chi connectivity index (χ4n) is 1.81. The van der Waals surface area contributed by atoms with Gasteiger partial charge in [0.15, 0.2) is 0 Å². The molecule has 102 valence electrons. The number of anilines is 1. The second-order valence-electron chi connectivity index (χ2n) is 3.76. The van der Waals surface area contributed by atoms with E-state index in [-0.39, 0.29) is 46.0 Å². The molecular formula is C10H8NNaO6S2. The molecule has 2 aromatic rings. The molecule has 20 heavy (non-hydrogen) atoms. The fourth-order valence-corrected chi connectivity index (χ4v) is 3.22. The second-order valence-corrected chi connectivity index (χ2v) is 6.50. The zero-order chi connectivity index (χ0) is 14.4. The number of benzene rings is 2. The van der Waals surface area contributed by atoms with Gasteiger partial charge in [-0.15, -0.1) is 0 Å². The Morgan fingerprint density at radius 2 is 1.60 bits per heavy atom. The van der Waals surface area contributed by atoms with Gasteiger partial charge in [0.25, 0.3) is 10.1 Å². The van der Waals surface area contributed by atoms with Gasteiger partial charge in [-0.25, -0.2) is 8.42 Å². The standard InChI is InChI=1S/C10H9NO6S2.Na/c11-7-4-5-8(18(12,13)14)6-2-1-3-9(10(6)7)19(15,16)17;/h1-5H,11H2,(H,12,13,14)(H,15,16,17);/q;+1/p-1. The molecule has 3 N–H and O–H groups in total. The second kappa shape index (κ2) is 5.60. The van der Waals surface area contributed by atoms with Gasteiger partial charge < -0.3 is 10.3 Å². The number of hydrogen-bond donors (Lipinski definition) is 2. The maximum atomic E-state index is 11.2. The topological polar surface area (TPSA) is 138 Å². The van der Waals surface area contributed by atoms with E-state index in [0.29, 0.717) is 0 Å². The number of fused-ring (bicyclic) bond motifs is 1. The Bertz CT molecular complexity index is 876. The quantitative estimate of drug-likeness (QED) is 0.356. The molecule has 0 aliphatic heterocycles. The molecule has 2 aromatic carbocycles. The van der Waals surface area contributed by atoms with Crippen molar-refractivity contribution in [1.82, 2.24) is 0 Å². The molecule has 0 aliphatic rings. The van der Waals surface area contributed by atoms with Crippen LogP contribution in [-0.4, -0.2) is 25.9 Å². The molecule has 0 bridgehead atoms. The third kappa shape index (κ3) is 3.14. The molecule has 0 atom stereocenters. The van der Waals surface area contributed by atoms with E-state index in [1.54, 1.807) is 0 Å².